The number of benzene rings is 3. The second-order valence-corrected chi connectivity index (χ2v) is 8.03. The number of carbonyl (C=O) groups is 2. The molecule has 1 N–H and O–H groups in total. The monoisotopic (exact) mass is 415 g/mol. The van der Waals surface area contributed by atoms with Gasteiger partial charge in [0.15, 0.2) is 11.4 Å². The molecule has 3 aromatic rings. The lowest BCUT2D eigenvalue weighted by Crippen LogP contribution is -2.41. The molecule has 1 aliphatic heterocycles. The van der Waals surface area contributed by atoms with Gasteiger partial charge < -0.3 is 14.7 Å². The highest BCUT2D eigenvalue weighted by atomic mass is 16.5. The minimum atomic E-state index is -1.90. The third kappa shape index (κ3) is 3.73. The third-order valence-electron chi connectivity index (χ3n) is 5.90. The zero-order valence-electron chi connectivity index (χ0n) is 17.9. The van der Waals surface area contributed by atoms with E-state index in [0.29, 0.717) is 29.1 Å². The van der Waals surface area contributed by atoms with Crippen molar-refractivity contribution >= 4 is 17.4 Å². The molecule has 4 rings (SSSR count). The van der Waals surface area contributed by atoms with E-state index < -0.39 is 11.5 Å². The van der Waals surface area contributed by atoms with Crippen LogP contribution in [0.1, 0.15) is 39.0 Å². The Kier molecular flexibility index (Phi) is 5.38. The van der Waals surface area contributed by atoms with Crippen molar-refractivity contribution in [3.8, 4) is 5.75 Å². The highest BCUT2D eigenvalue weighted by Crippen LogP contribution is 2.43. The number of nitrogens with zero attached hydrogens (tertiary/aromatic N) is 1. The summed E-state index contributed by atoms with van der Waals surface area (Å²) < 4.78 is 5.13. The fourth-order valence-corrected chi connectivity index (χ4v) is 4.09. The van der Waals surface area contributed by atoms with Crippen molar-refractivity contribution in [3.05, 3.63) is 94.5 Å². The molecule has 158 valence electrons. The van der Waals surface area contributed by atoms with E-state index in [0.717, 1.165) is 16.7 Å². The minimum Gasteiger partial charge on any atom is -0.497 e. The molecular weight excluding hydrogens is 390 g/mol. The van der Waals surface area contributed by atoms with Gasteiger partial charge in [-0.05, 0) is 55.3 Å². The summed E-state index contributed by atoms with van der Waals surface area (Å²) in [7, 11) is 1.55. The number of anilines is 1. The van der Waals surface area contributed by atoms with Crippen molar-refractivity contribution in [1.82, 2.24) is 0 Å². The number of hydrogen-bond donors (Lipinski definition) is 1. The van der Waals surface area contributed by atoms with Crippen LogP contribution in [0.4, 0.5) is 5.69 Å². The number of ether oxygens (including phenoxy) is 1. The van der Waals surface area contributed by atoms with Crippen molar-refractivity contribution in [2.45, 2.75) is 32.4 Å². The first-order chi connectivity index (χ1) is 14.8. The lowest BCUT2D eigenvalue weighted by Gasteiger charge is -2.23. The highest BCUT2D eigenvalue weighted by molar-refractivity contribution is 6.10. The van der Waals surface area contributed by atoms with Crippen LogP contribution in [0.3, 0.4) is 0 Å². The van der Waals surface area contributed by atoms with Gasteiger partial charge >= 0.3 is 0 Å². The minimum absolute atomic E-state index is 0.304. The number of aryl methyl sites for hydroxylation is 2. The largest absolute Gasteiger partial charge is 0.497 e. The number of aliphatic hydroxyl groups is 1. The summed E-state index contributed by atoms with van der Waals surface area (Å²) in [4.78, 5) is 28.0. The summed E-state index contributed by atoms with van der Waals surface area (Å²) in [6.45, 7) is 4.34. The van der Waals surface area contributed by atoms with Crippen LogP contribution in [0.2, 0.25) is 0 Å². The van der Waals surface area contributed by atoms with Crippen LogP contribution in [0.25, 0.3) is 0 Å². The van der Waals surface area contributed by atoms with Gasteiger partial charge in [-0.3, -0.25) is 9.59 Å². The smallest absolute Gasteiger partial charge is 0.264 e. The summed E-state index contributed by atoms with van der Waals surface area (Å²) in [5.41, 5.74) is 2.81. The lowest BCUT2D eigenvalue weighted by molar-refractivity contribution is -0.136. The molecule has 0 bridgehead atoms. The van der Waals surface area contributed by atoms with Gasteiger partial charge in [-0.1, -0.05) is 42.0 Å². The number of rotatable bonds is 6. The van der Waals surface area contributed by atoms with E-state index in [2.05, 4.69) is 0 Å². The number of para-hydroxylation sites is 1. The van der Waals surface area contributed by atoms with Crippen molar-refractivity contribution in [2.24, 2.45) is 0 Å². The number of methoxy groups -OCH3 is 1. The van der Waals surface area contributed by atoms with E-state index in [4.69, 9.17) is 4.74 Å². The Hall–Kier alpha value is -3.44. The lowest BCUT2D eigenvalue weighted by atomic mass is 9.88. The molecule has 0 unspecified atom stereocenters. The molecule has 1 atom stereocenters. The van der Waals surface area contributed by atoms with Gasteiger partial charge in [0, 0.05) is 11.1 Å². The zero-order valence-corrected chi connectivity index (χ0v) is 17.9. The maximum atomic E-state index is 13.5. The summed E-state index contributed by atoms with van der Waals surface area (Å²) in [5.74, 6) is -0.143. The summed E-state index contributed by atoms with van der Waals surface area (Å²) >= 11 is 0. The van der Waals surface area contributed by atoms with Gasteiger partial charge in [0.2, 0.25) is 0 Å². The SMILES string of the molecule is COc1ccc(C(=O)C[C@]2(O)C(=O)N(Cc3cc(C)ccc3C)c3ccccc32)cc1. The Morgan fingerprint density at radius 3 is 2.45 bits per heavy atom. The second-order valence-electron chi connectivity index (χ2n) is 8.03. The predicted octanol–water partition coefficient (Wildman–Crippen LogP) is 4.32. The van der Waals surface area contributed by atoms with Gasteiger partial charge in [0.1, 0.15) is 5.75 Å². The van der Waals surface area contributed by atoms with E-state index in [9.17, 15) is 14.7 Å². The normalized spacial score (nSPS) is 17.5. The molecule has 3 aromatic carbocycles. The summed E-state index contributed by atoms with van der Waals surface area (Å²) in [5, 5.41) is 11.5. The number of carbonyl (C=O) groups excluding carboxylic acids is 2. The van der Waals surface area contributed by atoms with Gasteiger partial charge in [0.25, 0.3) is 5.91 Å². The Balaban J connectivity index is 1.67. The van der Waals surface area contributed by atoms with Gasteiger partial charge in [-0.15, -0.1) is 0 Å². The number of ketones is 1. The average Bonchev–Trinajstić information content (AvgIpc) is 2.98. The van der Waals surface area contributed by atoms with Crippen molar-refractivity contribution in [1.29, 1.82) is 0 Å². The predicted molar refractivity (Wildman–Crippen MR) is 119 cm³/mol. The first kappa shape index (κ1) is 20.8. The molecule has 0 aromatic heterocycles. The first-order valence-corrected chi connectivity index (χ1v) is 10.2. The van der Waals surface area contributed by atoms with E-state index >= 15 is 0 Å². The number of fused-ring (bicyclic) bond motifs is 1. The Bertz CT molecular complexity index is 1150. The highest BCUT2D eigenvalue weighted by Gasteiger charge is 2.50. The fraction of sp³-hybridized carbons (Fsp3) is 0.231. The zero-order chi connectivity index (χ0) is 22.2. The molecule has 0 fully saturated rings. The van der Waals surface area contributed by atoms with Crippen LogP contribution >= 0.6 is 0 Å². The molecule has 5 nitrogen and oxygen atoms in total. The molecule has 5 heteroatoms. The molecule has 1 heterocycles. The van der Waals surface area contributed by atoms with Crippen LogP contribution < -0.4 is 9.64 Å². The van der Waals surface area contributed by atoms with E-state index in [-0.39, 0.29) is 12.2 Å². The first-order valence-electron chi connectivity index (χ1n) is 10.2. The van der Waals surface area contributed by atoms with Crippen molar-refractivity contribution in [2.75, 3.05) is 12.0 Å². The van der Waals surface area contributed by atoms with Gasteiger partial charge in [-0.25, -0.2) is 0 Å². The Morgan fingerprint density at radius 2 is 1.74 bits per heavy atom. The van der Waals surface area contributed by atoms with Crippen molar-refractivity contribution < 1.29 is 19.4 Å². The van der Waals surface area contributed by atoms with Crippen LogP contribution in [-0.4, -0.2) is 23.9 Å². The maximum absolute atomic E-state index is 13.5. The number of Topliss-reactive ketones (excluding diaryl/α,β-unsaturated/α-hetero) is 1. The number of amides is 1. The molecule has 0 aliphatic carbocycles. The van der Waals surface area contributed by atoms with Crippen LogP contribution in [0.5, 0.6) is 5.75 Å². The molecule has 1 aliphatic rings. The molecule has 0 saturated heterocycles. The number of hydrogen-bond acceptors (Lipinski definition) is 4. The van der Waals surface area contributed by atoms with Gasteiger partial charge in [0.05, 0.1) is 25.8 Å². The topological polar surface area (TPSA) is 66.8 Å². The van der Waals surface area contributed by atoms with Crippen LogP contribution in [0, 0.1) is 13.8 Å². The molecule has 31 heavy (non-hydrogen) atoms. The fourth-order valence-electron chi connectivity index (χ4n) is 4.09. The maximum Gasteiger partial charge on any atom is 0.264 e. The molecule has 0 radical (unpaired) electrons. The van der Waals surface area contributed by atoms with E-state index in [1.54, 1.807) is 48.4 Å². The van der Waals surface area contributed by atoms with Gasteiger partial charge in [-0.2, -0.15) is 0 Å². The van der Waals surface area contributed by atoms with Crippen LogP contribution in [0.15, 0.2) is 66.7 Å². The standard InChI is InChI=1S/C26H25NO4/c1-17-8-9-18(2)20(14-17)16-27-23-7-5-4-6-22(23)26(30,25(27)29)15-24(28)19-10-12-21(31-3)13-11-19/h4-14,30H,15-16H2,1-3H3/t26-/m1/s1. The molecular formula is C26H25NO4. The van der Waals surface area contributed by atoms with Crippen LogP contribution in [-0.2, 0) is 16.9 Å². The van der Waals surface area contributed by atoms with Crippen molar-refractivity contribution in [3.63, 3.8) is 0 Å². The Labute approximate surface area is 181 Å². The third-order valence-corrected chi connectivity index (χ3v) is 5.90. The molecule has 0 spiro atoms. The summed E-state index contributed by atoms with van der Waals surface area (Å²) in [6.07, 6.45) is -0.321. The average molecular weight is 415 g/mol. The Morgan fingerprint density at radius 1 is 1.03 bits per heavy atom. The summed E-state index contributed by atoms with van der Waals surface area (Å²) in [6, 6.07) is 19.9. The molecule has 0 saturated carbocycles. The molecule has 1 amide bonds. The van der Waals surface area contributed by atoms with E-state index in [1.165, 1.54) is 0 Å². The van der Waals surface area contributed by atoms with E-state index in [1.807, 2.05) is 44.2 Å². The second kappa shape index (κ2) is 8.00. The quantitative estimate of drug-likeness (QED) is 0.609.